The van der Waals surface area contributed by atoms with Crippen molar-refractivity contribution >= 4 is 33.4 Å². The Morgan fingerprint density at radius 3 is 2.35 bits per heavy atom. The molecule has 0 saturated heterocycles. The van der Waals surface area contributed by atoms with E-state index in [1.165, 1.54) is 5.56 Å². The molecule has 0 unspecified atom stereocenters. The molecule has 0 aliphatic rings. The summed E-state index contributed by atoms with van der Waals surface area (Å²) in [5.41, 5.74) is 3.22. The van der Waals surface area contributed by atoms with Gasteiger partial charge < -0.3 is 10.2 Å². The van der Waals surface area contributed by atoms with Crippen LogP contribution in [-0.4, -0.2) is 23.1 Å². The molecule has 124 valence electrons. The summed E-state index contributed by atoms with van der Waals surface area (Å²) >= 11 is 3.50. The molecule has 1 aromatic carbocycles. The third-order valence-corrected chi connectivity index (χ3v) is 4.06. The lowest BCUT2D eigenvalue weighted by atomic mass is 10.2. The van der Waals surface area contributed by atoms with Crippen LogP contribution in [0.15, 0.2) is 28.7 Å². The molecule has 0 bridgehead atoms. The summed E-state index contributed by atoms with van der Waals surface area (Å²) in [7, 11) is 0. The summed E-state index contributed by atoms with van der Waals surface area (Å²) in [5.74, 6) is 1.65. The largest absolute Gasteiger partial charge is 0.341 e. The van der Waals surface area contributed by atoms with E-state index in [1.54, 1.807) is 0 Å². The molecule has 4 nitrogen and oxygen atoms in total. The van der Waals surface area contributed by atoms with Crippen LogP contribution in [0.4, 0.5) is 17.5 Å². The van der Waals surface area contributed by atoms with Crippen LogP contribution in [0.3, 0.4) is 0 Å². The number of hydrogen-bond donors (Lipinski definition) is 1. The summed E-state index contributed by atoms with van der Waals surface area (Å²) in [5, 5.41) is 3.42. The third-order valence-electron chi connectivity index (χ3n) is 3.56. The van der Waals surface area contributed by atoms with Crippen LogP contribution < -0.4 is 10.2 Å². The molecule has 0 saturated carbocycles. The highest BCUT2D eigenvalue weighted by Gasteiger charge is 2.11. The molecule has 0 aliphatic heterocycles. The first-order chi connectivity index (χ1) is 11.0. The fraction of sp³-hybridized carbons (Fsp3) is 0.444. The van der Waals surface area contributed by atoms with Crippen molar-refractivity contribution in [2.75, 3.05) is 23.3 Å². The summed E-state index contributed by atoms with van der Waals surface area (Å²) in [4.78, 5) is 11.6. The number of rotatable bonds is 7. The van der Waals surface area contributed by atoms with E-state index in [1.807, 2.05) is 19.1 Å². The van der Waals surface area contributed by atoms with Crippen LogP contribution in [0, 0.1) is 13.8 Å². The molecule has 0 spiro atoms. The molecule has 2 aromatic rings. The molecule has 5 heteroatoms. The Labute approximate surface area is 147 Å². The highest BCUT2D eigenvalue weighted by atomic mass is 79.9. The van der Waals surface area contributed by atoms with Gasteiger partial charge in [0, 0.05) is 35.0 Å². The van der Waals surface area contributed by atoms with Crippen LogP contribution in [0.25, 0.3) is 0 Å². The van der Waals surface area contributed by atoms with Crippen LogP contribution in [-0.2, 0) is 0 Å². The Kier molecular flexibility index (Phi) is 6.39. The van der Waals surface area contributed by atoms with E-state index in [-0.39, 0.29) is 0 Å². The molecule has 1 N–H and O–H groups in total. The van der Waals surface area contributed by atoms with E-state index in [2.05, 4.69) is 64.0 Å². The molecule has 0 amide bonds. The zero-order valence-corrected chi connectivity index (χ0v) is 15.9. The minimum atomic E-state index is 0.811. The van der Waals surface area contributed by atoms with Crippen molar-refractivity contribution in [3.8, 4) is 0 Å². The average molecular weight is 377 g/mol. The monoisotopic (exact) mass is 376 g/mol. The first-order valence-corrected chi connectivity index (χ1v) is 8.96. The van der Waals surface area contributed by atoms with Gasteiger partial charge in [0.1, 0.15) is 5.82 Å². The predicted octanol–water partition coefficient (Wildman–Crippen LogP) is 5.23. The predicted molar refractivity (Wildman–Crippen MR) is 102 cm³/mol. The second kappa shape index (κ2) is 8.29. The van der Waals surface area contributed by atoms with Gasteiger partial charge in [-0.25, -0.2) is 4.98 Å². The van der Waals surface area contributed by atoms with Gasteiger partial charge in [-0.2, -0.15) is 4.98 Å². The summed E-state index contributed by atoms with van der Waals surface area (Å²) in [6, 6.07) is 8.18. The van der Waals surface area contributed by atoms with Gasteiger partial charge in [-0.05, 0) is 50.5 Å². The molecule has 0 radical (unpaired) electrons. The lowest BCUT2D eigenvalue weighted by Gasteiger charge is -2.22. The van der Waals surface area contributed by atoms with Crippen molar-refractivity contribution in [1.82, 2.24) is 9.97 Å². The molecule has 1 heterocycles. The number of nitrogens with zero attached hydrogens (tertiary/aromatic N) is 3. The molecule has 23 heavy (non-hydrogen) atoms. The number of aryl methyl sites for hydroxylation is 2. The summed E-state index contributed by atoms with van der Waals surface area (Å²) in [6.07, 6.45) is 2.18. The molecule has 0 aliphatic carbocycles. The second-order valence-electron chi connectivity index (χ2n) is 5.77. The van der Waals surface area contributed by atoms with Crippen molar-refractivity contribution in [3.05, 3.63) is 40.0 Å². The smallest absolute Gasteiger partial charge is 0.227 e. The molecule has 2 rings (SSSR count). The highest BCUT2D eigenvalue weighted by Crippen LogP contribution is 2.24. The number of aromatic nitrogens is 2. The van der Waals surface area contributed by atoms with E-state index < -0.39 is 0 Å². The Morgan fingerprint density at radius 2 is 1.74 bits per heavy atom. The first-order valence-electron chi connectivity index (χ1n) is 8.17. The minimum absolute atomic E-state index is 0.811. The number of nitrogens with one attached hydrogen (secondary N) is 1. The average Bonchev–Trinajstić information content (AvgIpc) is 2.49. The molecule has 1 aromatic heterocycles. The van der Waals surface area contributed by atoms with Crippen molar-refractivity contribution in [2.24, 2.45) is 0 Å². The van der Waals surface area contributed by atoms with E-state index in [0.29, 0.717) is 0 Å². The van der Waals surface area contributed by atoms with Crippen LogP contribution in [0.5, 0.6) is 0 Å². The van der Waals surface area contributed by atoms with Gasteiger partial charge >= 0.3 is 0 Å². The maximum absolute atomic E-state index is 4.72. The number of benzene rings is 1. The number of halogens is 1. The van der Waals surface area contributed by atoms with E-state index in [9.17, 15) is 0 Å². The quantitative estimate of drug-likeness (QED) is 0.718. The van der Waals surface area contributed by atoms with Gasteiger partial charge in [0.25, 0.3) is 0 Å². The Balaban J connectivity index is 2.28. The fourth-order valence-electron chi connectivity index (χ4n) is 2.52. The number of anilines is 3. The van der Waals surface area contributed by atoms with Crippen molar-refractivity contribution in [1.29, 1.82) is 0 Å². The molecule has 0 atom stereocenters. The lowest BCUT2D eigenvalue weighted by molar-refractivity contribution is 0.720. The Hall–Kier alpha value is -1.62. The Morgan fingerprint density at radius 1 is 1.04 bits per heavy atom. The standard InChI is InChI=1S/C18H25BrN4/c1-5-9-23(10-6-2)18-20-14(4)12-17(22-18)21-16-8-7-15(19)11-13(16)3/h7-8,11-12H,5-6,9-10H2,1-4H3,(H,20,21,22). The fourth-order valence-corrected chi connectivity index (χ4v) is 2.99. The van der Waals surface area contributed by atoms with Gasteiger partial charge in [0.05, 0.1) is 0 Å². The SMILES string of the molecule is CCCN(CCC)c1nc(C)cc(Nc2ccc(Br)cc2C)n1. The maximum Gasteiger partial charge on any atom is 0.227 e. The van der Waals surface area contributed by atoms with Gasteiger partial charge in [-0.1, -0.05) is 29.8 Å². The van der Waals surface area contributed by atoms with Crippen LogP contribution in [0.2, 0.25) is 0 Å². The molecule has 0 fully saturated rings. The topological polar surface area (TPSA) is 41.1 Å². The highest BCUT2D eigenvalue weighted by molar-refractivity contribution is 9.10. The molecular weight excluding hydrogens is 352 g/mol. The van der Waals surface area contributed by atoms with Gasteiger partial charge in [-0.15, -0.1) is 0 Å². The third kappa shape index (κ3) is 4.93. The van der Waals surface area contributed by atoms with Crippen molar-refractivity contribution < 1.29 is 0 Å². The Bertz CT molecular complexity index is 651. The van der Waals surface area contributed by atoms with Gasteiger partial charge in [-0.3, -0.25) is 0 Å². The minimum Gasteiger partial charge on any atom is -0.341 e. The second-order valence-corrected chi connectivity index (χ2v) is 6.68. The van der Waals surface area contributed by atoms with E-state index in [0.717, 1.165) is 53.6 Å². The van der Waals surface area contributed by atoms with Gasteiger partial charge in [0.2, 0.25) is 5.95 Å². The van der Waals surface area contributed by atoms with Crippen molar-refractivity contribution in [3.63, 3.8) is 0 Å². The lowest BCUT2D eigenvalue weighted by Crippen LogP contribution is -2.27. The van der Waals surface area contributed by atoms with Crippen LogP contribution >= 0.6 is 15.9 Å². The van der Waals surface area contributed by atoms with Gasteiger partial charge in [0.15, 0.2) is 0 Å². The zero-order chi connectivity index (χ0) is 16.8. The van der Waals surface area contributed by atoms with E-state index >= 15 is 0 Å². The normalized spacial score (nSPS) is 10.7. The van der Waals surface area contributed by atoms with Crippen LogP contribution in [0.1, 0.15) is 37.9 Å². The number of hydrogen-bond acceptors (Lipinski definition) is 4. The molecular formula is C18H25BrN4. The first kappa shape index (κ1) is 17.7. The zero-order valence-electron chi connectivity index (χ0n) is 14.4. The maximum atomic E-state index is 4.72. The van der Waals surface area contributed by atoms with E-state index in [4.69, 9.17) is 4.98 Å². The summed E-state index contributed by atoms with van der Waals surface area (Å²) in [6.45, 7) is 10.4. The van der Waals surface area contributed by atoms with Crippen molar-refractivity contribution in [2.45, 2.75) is 40.5 Å². The summed E-state index contributed by atoms with van der Waals surface area (Å²) < 4.78 is 1.08.